The Morgan fingerprint density at radius 1 is 1.05 bits per heavy atom. The van der Waals surface area contributed by atoms with Crippen molar-refractivity contribution in [2.45, 2.75) is 19.1 Å². The first-order valence-corrected chi connectivity index (χ1v) is 7.56. The first kappa shape index (κ1) is 14.1. The molecule has 2 N–H and O–H groups in total. The number of hydrogen-bond acceptors (Lipinski definition) is 3. The van der Waals surface area contributed by atoms with Gasteiger partial charge in [0.15, 0.2) is 0 Å². The first-order valence-electron chi connectivity index (χ1n) is 7.56. The van der Waals surface area contributed by atoms with Crippen LogP contribution in [0.2, 0.25) is 0 Å². The second kappa shape index (κ2) is 6.74. The molecule has 0 aliphatic carbocycles. The van der Waals surface area contributed by atoms with Crippen LogP contribution in [-0.4, -0.2) is 30.6 Å². The highest BCUT2D eigenvalue weighted by Crippen LogP contribution is 2.28. The van der Waals surface area contributed by atoms with E-state index in [0.29, 0.717) is 6.54 Å². The lowest BCUT2D eigenvalue weighted by atomic mass is 10.1. The zero-order valence-corrected chi connectivity index (χ0v) is 12.2. The van der Waals surface area contributed by atoms with Gasteiger partial charge in [0.1, 0.15) is 11.9 Å². The number of hydrogen-bond donors (Lipinski definition) is 1. The van der Waals surface area contributed by atoms with Crippen molar-refractivity contribution in [3.8, 4) is 5.75 Å². The zero-order valence-electron chi connectivity index (χ0n) is 12.2. The highest BCUT2D eigenvalue weighted by atomic mass is 16.5. The summed E-state index contributed by atoms with van der Waals surface area (Å²) < 4.78 is 6.04. The summed E-state index contributed by atoms with van der Waals surface area (Å²) in [5, 5.41) is 0. The second-order valence-corrected chi connectivity index (χ2v) is 5.56. The summed E-state index contributed by atoms with van der Waals surface area (Å²) in [6.07, 6.45) is 1.23. The van der Waals surface area contributed by atoms with Crippen molar-refractivity contribution in [2.75, 3.05) is 19.6 Å². The van der Waals surface area contributed by atoms with Crippen LogP contribution in [0.1, 0.15) is 11.1 Å². The molecule has 1 unspecified atom stereocenters. The largest absolute Gasteiger partial charge is 0.488 e. The van der Waals surface area contributed by atoms with Gasteiger partial charge in [-0.2, -0.15) is 0 Å². The van der Waals surface area contributed by atoms with E-state index >= 15 is 0 Å². The number of ether oxygens (including phenoxy) is 1. The van der Waals surface area contributed by atoms with E-state index in [1.807, 2.05) is 12.1 Å². The Hall–Kier alpha value is -1.84. The lowest BCUT2D eigenvalue weighted by Gasteiger charge is -2.24. The van der Waals surface area contributed by atoms with Gasteiger partial charge in [0, 0.05) is 32.6 Å². The van der Waals surface area contributed by atoms with Crippen molar-refractivity contribution in [2.24, 2.45) is 5.73 Å². The summed E-state index contributed by atoms with van der Waals surface area (Å²) >= 11 is 0. The molecule has 3 rings (SSSR count). The van der Waals surface area contributed by atoms with E-state index in [2.05, 4.69) is 47.4 Å². The summed E-state index contributed by atoms with van der Waals surface area (Å²) in [5.74, 6) is 1.04. The maximum atomic E-state index is 6.04. The van der Waals surface area contributed by atoms with Gasteiger partial charge in [-0.1, -0.05) is 48.5 Å². The quantitative estimate of drug-likeness (QED) is 0.884. The Labute approximate surface area is 126 Å². The normalized spacial score (nSPS) is 16.8. The molecular formula is C18H22N2O. The molecular weight excluding hydrogens is 260 g/mol. The molecule has 2 aromatic carbocycles. The average molecular weight is 282 g/mol. The Balaban J connectivity index is 1.61. The van der Waals surface area contributed by atoms with E-state index in [0.717, 1.165) is 31.8 Å². The summed E-state index contributed by atoms with van der Waals surface area (Å²) in [5.41, 5.74) is 8.39. The fraction of sp³-hybridized carbons (Fsp3) is 0.333. The van der Waals surface area contributed by atoms with Gasteiger partial charge in [0.2, 0.25) is 0 Å². The molecule has 0 bridgehead atoms. The van der Waals surface area contributed by atoms with Gasteiger partial charge < -0.3 is 10.5 Å². The highest BCUT2D eigenvalue weighted by molar-refractivity contribution is 5.37. The summed E-state index contributed by atoms with van der Waals surface area (Å²) in [6, 6.07) is 18.8. The van der Waals surface area contributed by atoms with E-state index in [4.69, 9.17) is 10.5 Å². The highest BCUT2D eigenvalue weighted by Gasteiger charge is 2.24. The smallest absolute Gasteiger partial charge is 0.123 e. The lowest BCUT2D eigenvalue weighted by molar-refractivity contribution is 0.148. The van der Waals surface area contributed by atoms with Crippen molar-refractivity contribution in [3.05, 3.63) is 65.7 Å². The van der Waals surface area contributed by atoms with Crippen LogP contribution < -0.4 is 10.5 Å². The molecule has 0 radical (unpaired) electrons. The predicted molar refractivity (Wildman–Crippen MR) is 85.3 cm³/mol. The Morgan fingerprint density at radius 2 is 1.81 bits per heavy atom. The standard InChI is InChI=1S/C18H22N2O/c19-10-11-20(13-15-6-2-1-3-7-15)14-17-12-16-8-4-5-9-18(16)21-17/h1-9,17H,10-14,19H2. The van der Waals surface area contributed by atoms with Crippen LogP contribution in [0.25, 0.3) is 0 Å². The van der Waals surface area contributed by atoms with Gasteiger partial charge in [-0.3, -0.25) is 4.90 Å². The van der Waals surface area contributed by atoms with Gasteiger partial charge in [0.05, 0.1) is 0 Å². The molecule has 1 aliphatic heterocycles. The third-order valence-corrected chi connectivity index (χ3v) is 3.87. The lowest BCUT2D eigenvalue weighted by Crippen LogP contribution is -2.37. The molecule has 1 atom stereocenters. The first-order chi connectivity index (χ1) is 10.3. The molecule has 0 aromatic heterocycles. The molecule has 2 aromatic rings. The Morgan fingerprint density at radius 3 is 2.57 bits per heavy atom. The zero-order chi connectivity index (χ0) is 14.5. The molecule has 0 saturated heterocycles. The number of nitrogens with zero attached hydrogens (tertiary/aromatic N) is 1. The molecule has 0 fully saturated rings. The van der Waals surface area contributed by atoms with E-state index in [-0.39, 0.29) is 6.10 Å². The number of nitrogens with two attached hydrogens (primary N) is 1. The Bertz CT molecular complexity index is 545. The topological polar surface area (TPSA) is 38.5 Å². The van der Waals surface area contributed by atoms with Gasteiger partial charge >= 0.3 is 0 Å². The molecule has 3 nitrogen and oxygen atoms in total. The monoisotopic (exact) mass is 282 g/mol. The van der Waals surface area contributed by atoms with Crippen molar-refractivity contribution in [3.63, 3.8) is 0 Å². The molecule has 21 heavy (non-hydrogen) atoms. The minimum atomic E-state index is 0.234. The molecule has 1 aliphatic rings. The molecule has 110 valence electrons. The van der Waals surface area contributed by atoms with E-state index in [1.54, 1.807) is 0 Å². The second-order valence-electron chi connectivity index (χ2n) is 5.56. The van der Waals surface area contributed by atoms with Crippen LogP contribution in [-0.2, 0) is 13.0 Å². The molecule has 0 saturated carbocycles. The molecule has 1 heterocycles. The average Bonchev–Trinajstić information content (AvgIpc) is 2.90. The van der Waals surface area contributed by atoms with Crippen molar-refractivity contribution in [1.82, 2.24) is 4.90 Å². The minimum Gasteiger partial charge on any atom is -0.488 e. The minimum absolute atomic E-state index is 0.234. The fourth-order valence-electron chi connectivity index (χ4n) is 2.90. The van der Waals surface area contributed by atoms with Crippen LogP contribution >= 0.6 is 0 Å². The summed E-state index contributed by atoms with van der Waals surface area (Å²) in [4.78, 5) is 2.38. The Kier molecular flexibility index (Phi) is 4.53. The van der Waals surface area contributed by atoms with Gasteiger partial charge in [-0.15, -0.1) is 0 Å². The van der Waals surface area contributed by atoms with Gasteiger partial charge in [-0.25, -0.2) is 0 Å². The van der Waals surface area contributed by atoms with E-state index in [1.165, 1.54) is 11.1 Å². The van der Waals surface area contributed by atoms with Crippen LogP contribution in [0.4, 0.5) is 0 Å². The third-order valence-electron chi connectivity index (χ3n) is 3.87. The number of para-hydroxylation sites is 1. The van der Waals surface area contributed by atoms with E-state index < -0.39 is 0 Å². The fourth-order valence-corrected chi connectivity index (χ4v) is 2.90. The van der Waals surface area contributed by atoms with Gasteiger partial charge in [-0.05, 0) is 17.2 Å². The number of rotatable bonds is 6. The van der Waals surface area contributed by atoms with E-state index in [9.17, 15) is 0 Å². The predicted octanol–water partition coefficient (Wildman–Crippen LogP) is 2.45. The maximum Gasteiger partial charge on any atom is 0.123 e. The maximum absolute atomic E-state index is 6.04. The van der Waals surface area contributed by atoms with Crippen LogP contribution in [0, 0.1) is 0 Å². The summed E-state index contributed by atoms with van der Waals surface area (Å²) in [7, 11) is 0. The molecule has 0 spiro atoms. The SMILES string of the molecule is NCCN(Cc1ccccc1)CC1Cc2ccccc2O1. The summed E-state index contributed by atoms with van der Waals surface area (Å²) in [6.45, 7) is 3.41. The van der Waals surface area contributed by atoms with Crippen LogP contribution in [0.3, 0.4) is 0 Å². The number of fused-ring (bicyclic) bond motifs is 1. The van der Waals surface area contributed by atoms with Crippen LogP contribution in [0.15, 0.2) is 54.6 Å². The van der Waals surface area contributed by atoms with Crippen LogP contribution in [0.5, 0.6) is 5.75 Å². The van der Waals surface area contributed by atoms with Gasteiger partial charge in [0.25, 0.3) is 0 Å². The third kappa shape index (κ3) is 3.63. The molecule has 3 heteroatoms. The number of benzene rings is 2. The van der Waals surface area contributed by atoms with Crippen molar-refractivity contribution in [1.29, 1.82) is 0 Å². The van der Waals surface area contributed by atoms with Crippen molar-refractivity contribution >= 4 is 0 Å². The van der Waals surface area contributed by atoms with Crippen molar-refractivity contribution < 1.29 is 4.74 Å². The molecule has 0 amide bonds.